The minimum absolute atomic E-state index is 0.151. The van der Waals surface area contributed by atoms with Crippen LogP contribution in [0, 0.1) is 0 Å². The van der Waals surface area contributed by atoms with E-state index in [-0.39, 0.29) is 24.8 Å². The molecule has 0 fully saturated rings. The molecule has 1 heterocycles. The molecule has 8 heteroatoms. The zero-order chi connectivity index (χ0) is 26.4. The van der Waals surface area contributed by atoms with Gasteiger partial charge in [-0.1, -0.05) is 67.9 Å². The molecule has 0 aliphatic carbocycles. The fourth-order valence-corrected chi connectivity index (χ4v) is 6.57. The molecule has 0 saturated carbocycles. The Bertz CT molecular complexity index is 1350. The molecular formula is C29H35N3O4S. The number of benzene rings is 3. The first kappa shape index (κ1) is 26.7. The van der Waals surface area contributed by atoms with Crippen LogP contribution in [-0.4, -0.2) is 50.8 Å². The van der Waals surface area contributed by atoms with Crippen LogP contribution in [0.1, 0.15) is 45.1 Å². The summed E-state index contributed by atoms with van der Waals surface area (Å²) in [5.74, 6) is -0.319. The predicted octanol–water partition coefficient (Wildman–Crippen LogP) is 4.50. The first-order valence-corrected chi connectivity index (χ1v) is 14.4. The summed E-state index contributed by atoms with van der Waals surface area (Å²) in [4.78, 5) is 28.1. The maximum Gasteiger partial charge on any atom is 0.265 e. The Labute approximate surface area is 219 Å². The minimum atomic E-state index is -3.66. The van der Waals surface area contributed by atoms with Crippen molar-refractivity contribution in [3.63, 3.8) is 0 Å². The Morgan fingerprint density at radius 2 is 1.70 bits per heavy atom. The molecule has 1 aliphatic rings. The number of rotatable bonds is 12. The van der Waals surface area contributed by atoms with Crippen molar-refractivity contribution in [1.29, 1.82) is 0 Å². The van der Waals surface area contributed by atoms with Crippen molar-refractivity contribution in [3.8, 4) is 0 Å². The zero-order valence-corrected chi connectivity index (χ0v) is 22.3. The van der Waals surface area contributed by atoms with Gasteiger partial charge in [0.1, 0.15) is 6.04 Å². The highest BCUT2D eigenvalue weighted by Gasteiger charge is 2.35. The minimum Gasteiger partial charge on any atom is -0.354 e. The predicted molar refractivity (Wildman–Crippen MR) is 147 cm³/mol. The normalized spacial score (nSPS) is 14.5. The molecule has 2 amide bonds. The molecule has 4 rings (SSSR count). The maximum atomic E-state index is 13.4. The number of hydrogen-bond donors (Lipinski definition) is 1. The van der Waals surface area contributed by atoms with Gasteiger partial charge in [0.2, 0.25) is 11.8 Å². The van der Waals surface area contributed by atoms with Crippen LogP contribution in [0.4, 0.5) is 5.69 Å². The number of amides is 2. The van der Waals surface area contributed by atoms with Crippen molar-refractivity contribution in [2.45, 2.75) is 56.9 Å². The number of nitrogens with one attached hydrogen (secondary N) is 1. The summed E-state index contributed by atoms with van der Waals surface area (Å²) in [7, 11) is -3.66. The molecule has 1 aliphatic heterocycles. The van der Waals surface area contributed by atoms with E-state index in [9.17, 15) is 18.0 Å². The van der Waals surface area contributed by atoms with Gasteiger partial charge in [-0.2, -0.15) is 0 Å². The van der Waals surface area contributed by atoms with Crippen LogP contribution in [0.5, 0.6) is 0 Å². The first-order chi connectivity index (χ1) is 17.8. The fraction of sp³-hybridized carbons (Fsp3) is 0.379. The standard InChI is InChI=1S/C29H35N3O4S/c1-3-4-19-30-29(34)22(2)31(21-18-23-11-6-5-7-12-23)27(33)17-10-20-32-25-15-8-13-24-14-9-16-26(28(24)25)37(32,35)36/h5-9,11-16,22H,3-4,10,17-21H2,1-2H3,(H,30,34)/t22-/m1/s1. The van der Waals surface area contributed by atoms with Crippen LogP contribution in [0.15, 0.2) is 71.6 Å². The van der Waals surface area contributed by atoms with E-state index in [1.54, 1.807) is 24.0 Å². The second kappa shape index (κ2) is 11.8. The fourth-order valence-electron chi connectivity index (χ4n) is 4.82. The maximum absolute atomic E-state index is 13.4. The number of unbranched alkanes of at least 4 members (excludes halogenated alkanes) is 1. The summed E-state index contributed by atoms with van der Waals surface area (Å²) in [6, 6.07) is 20.1. The lowest BCUT2D eigenvalue weighted by molar-refractivity contribution is -0.139. The molecule has 0 saturated heterocycles. The number of hydrogen-bond acceptors (Lipinski definition) is 4. The molecule has 1 atom stereocenters. The molecule has 7 nitrogen and oxygen atoms in total. The van der Waals surface area contributed by atoms with Gasteiger partial charge in [-0.3, -0.25) is 13.9 Å². The van der Waals surface area contributed by atoms with E-state index in [2.05, 4.69) is 12.2 Å². The van der Waals surface area contributed by atoms with Crippen molar-refractivity contribution in [3.05, 3.63) is 72.3 Å². The number of carbonyl (C=O) groups excluding carboxylic acids is 2. The van der Waals surface area contributed by atoms with Crippen LogP contribution < -0.4 is 9.62 Å². The Kier molecular flexibility index (Phi) is 8.48. The van der Waals surface area contributed by atoms with E-state index in [1.807, 2.05) is 54.6 Å². The second-order valence-corrected chi connectivity index (χ2v) is 11.3. The molecule has 37 heavy (non-hydrogen) atoms. The Balaban J connectivity index is 1.44. The Morgan fingerprint density at radius 3 is 2.43 bits per heavy atom. The van der Waals surface area contributed by atoms with Crippen molar-refractivity contribution in [2.75, 3.05) is 23.9 Å². The third-order valence-corrected chi connectivity index (χ3v) is 8.77. The highest BCUT2D eigenvalue weighted by atomic mass is 32.2. The molecule has 196 valence electrons. The van der Waals surface area contributed by atoms with Gasteiger partial charge >= 0.3 is 0 Å². The number of anilines is 1. The van der Waals surface area contributed by atoms with Gasteiger partial charge < -0.3 is 10.2 Å². The van der Waals surface area contributed by atoms with Crippen LogP contribution in [0.2, 0.25) is 0 Å². The molecule has 3 aromatic carbocycles. The third-order valence-electron chi connectivity index (χ3n) is 6.91. The first-order valence-electron chi connectivity index (χ1n) is 13.0. The van der Waals surface area contributed by atoms with Gasteiger partial charge in [-0.15, -0.1) is 0 Å². The van der Waals surface area contributed by atoms with E-state index in [1.165, 1.54) is 4.31 Å². The molecule has 0 bridgehead atoms. The van der Waals surface area contributed by atoms with E-state index in [4.69, 9.17) is 0 Å². The summed E-state index contributed by atoms with van der Waals surface area (Å²) in [5, 5.41) is 4.55. The smallest absolute Gasteiger partial charge is 0.265 e. The van der Waals surface area contributed by atoms with Crippen molar-refractivity contribution < 1.29 is 18.0 Å². The summed E-state index contributed by atoms with van der Waals surface area (Å²) in [5.41, 5.74) is 1.75. The summed E-state index contributed by atoms with van der Waals surface area (Å²) >= 11 is 0. The summed E-state index contributed by atoms with van der Waals surface area (Å²) in [6.07, 6.45) is 3.00. The van der Waals surface area contributed by atoms with Gasteiger partial charge in [-0.05, 0) is 49.3 Å². The SMILES string of the molecule is CCCCNC(=O)[C@@H](C)N(CCc1ccccc1)C(=O)CCCN1c2cccc3cccc(c23)S1(=O)=O. The molecule has 1 N–H and O–H groups in total. The van der Waals surface area contributed by atoms with Crippen LogP contribution in [0.25, 0.3) is 10.8 Å². The van der Waals surface area contributed by atoms with E-state index in [0.717, 1.165) is 29.2 Å². The topological polar surface area (TPSA) is 86.8 Å². The van der Waals surface area contributed by atoms with Crippen molar-refractivity contribution in [2.24, 2.45) is 0 Å². The lowest BCUT2D eigenvalue weighted by Crippen LogP contribution is -2.49. The van der Waals surface area contributed by atoms with Gasteiger partial charge in [0.15, 0.2) is 0 Å². The second-order valence-electron chi connectivity index (χ2n) is 9.46. The average Bonchev–Trinajstić information content (AvgIpc) is 3.12. The largest absolute Gasteiger partial charge is 0.354 e. The zero-order valence-electron chi connectivity index (χ0n) is 21.5. The highest BCUT2D eigenvalue weighted by Crippen LogP contribution is 2.42. The van der Waals surface area contributed by atoms with Gasteiger partial charge in [0.05, 0.1) is 10.6 Å². The molecule has 0 spiro atoms. The molecular weight excluding hydrogens is 486 g/mol. The number of carbonyl (C=O) groups is 2. The molecule has 0 unspecified atom stereocenters. The van der Waals surface area contributed by atoms with E-state index >= 15 is 0 Å². The van der Waals surface area contributed by atoms with Gasteiger partial charge in [0, 0.05) is 31.4 Å². The molecule has 0 aromatic heterocycles. The van der Waals surface area contributed by atoms with Gasteiger partial charge in [-0.25, -0.2) is 8.42 Å². The van der Waals surface area contributed by atoms with Crippen molar-refractivity contribution >= 4 is 38.3 Å². The van der Waals surface area contributed by atoms with Crippen LogP contribution in [-0.2, 0) is 26.0 Å². The molecule has 0 radical (unpaired) electrons. The summed E-state index contributed by atoms with van der Waals surface area (Å²) < 4.78 is 27.9. The van der Waals surface area contributed by atoms with E-state index < -0.39 is 16.1 Å². The average molecular weight is 522 g/mol. The quantitative estimate of drug-likeness (QED) is 0.356. The molecule has 3 aromatic rings. The van der Waals surface area contributed by atoms with Crippen LogP contribution in [0.3, 0.4) is 0 Å². The Morgan fingerprint density at radius 1 is 0.973 bits per heavy atom. The lowest BCUT2D eigenvalue weighted by atomic mass is 10.1. The Hall–Kier alpha value is -3.39. The lowest BCUT2D eigenvalue weighted by Gasteiger charge is -2.29. The van der Waals surface area contributed by atoms with Crippen LogP contribution >= 0.6 is 0 Å². The highest BCUT2D eigenvalue weighted by molar-refractivity contribution is 7.93. The number of nitrogens with zero attached hydrogens (tertiary/aromatic N) is 2. The monoisotopic (exact) mass is 521 g/mol. The van der Waals surface area contributed by atoms with E-state index in [0.29, 0.717) is 36.5 Å². The summed E-state index contributed by atoms with van der Waals surface area (Å²) in [6.45, 7) is 5.01. The third kappa shape index (κ3) is 5.80. The van der Waals surface area contributed by atoms with Crippen molar-refractivity contribution in [1.82, 2.24) is 10.2 Å². The van der Waals surface area contributed by atoms with Gasteiger partial charge in [0.25, 0.3) is 10.0 Å². The number of sulfonamides is 1.